The summed E-state index contributed by atoms with van der Waals surface area (Å²) in [5.41, 5.74) is 0.920. The van der Waals surface area contributed by atoms with Crippen LogP contribution in [0.2, 0.25) is 0 Å². The van der Waals surface area contributed by atoms with Crippen LogP contribution >= 0.6 is 0 Å². The second-order valence-electron chi connectivity index (χ2n) is 6.08. The van der Waals surface area contributed by atoms with Crippen LogP contribution in [0, 0.1) is 12.8 Å². The molecule has 0 saturated heterocycles. The van der Waals surface area contributed by atoms with Crippen LogP contribution in [0.15, 0.2) is 18.2 Å². The van der Waals surface area contributed by atoms with Crippen molar-refractivity contribution < 1.29 is 23.1 Å². The first kappa shape index (κ1) is 18.0. The summed E-state index contributed by atoms with van der Waals surface area (Å²) in [7, 11) is 0. The predicted molar refractivity (Wildman–Crippen MR) is 83.8 cm³/mol. The molecule has 0 bridgehead atoms. The van der Waals surface area contributed by atoms with Crippen LogP contribution in [0.5, 0.6) is 0 Å². The van der Waals surface area contributed by atoms with E-state index in [1.54, 1.807) is 19.1 Å². The number of nitrogens with zero attached hydrogens (tertiary/aromatic N) is 2. The molecule has 1 heterocycles. The van der Waals surface area contributed by atoms with Crippen molar-refractivity contribution in [2.45, 2.75) is 39.4 Å². The molecule has 0 aliphatic carbocycles. The molecule has 5 nitrogen and oxygen atoms in total. The van der Waals surface area contributed by atoms with Gasteiger partial charge in [-0.2, -0.15) is 13.2 Å². The number of hydrogen-bond acceptors (Lipinski definition) is 4. The van der Waals surface area contributed by atoms with Crippen LogP contribution in [0.4, 0.5) is 19.0 Å². The fraction of sp³-hybridized carbons (Fsp3) is 0.438. The van der Waals surface area contributed by atoms with Crippen LogP contribution in [0.3, 0.4) is 0 Å². The average molecular weight is 341 g/mol. The minimum atomic E-state index is -4.72. The molecule has 2 rings (SSSR count). The van der Waals surface area contributed by atoms with Gasteiger partial charge in [0.25, 0.3) is 0 Å². The van der Waals surface area contributed by atoms with Gasteiger partial charge in [0.15, 0.2) is 0 Å². The predicted octanol–water partition coefficient (Wildman–Crippen LogP) is 3.87. The van der Waals surface area contributed by atoms with Crippen LogP contribution in [0.25, 0.3) is 10.9 Å². The molecule has 0 radical (unpaired) electrons. The molecule has 2 N–H and O–H groups in total. The number of carbonyl (C=O) groups is 1. The molecular formula is C16H18F3N3O2. The first-order chi connectivity index (χ1) is 11.1. The highest BCUT2D eigenvalue weighted by Crippen LogP contribution is 2.31. The van der Waals surface area contributed by atoms with Gasteiger partial charge in [0, 0.05) is 5.39 Å². The average Bonchev–Trinajstić information content (AvgIpc) is 2.45. The first-order valence-corrected chi connectivity index (χ1v) is 7.43. The molecule has 0 aliphatic heterocycles. The summed E-state index contributed by atoms with van der Waals surface area (Å²) < 4.78 is 39.0. The van der Waals surface area contributed by atoms with E-state index in [0.717, 1.165) is 5.56 Å². The molecule has 1 aromatic heterocycles. The zero-order chi connectivity index (χ0) is 18.1. The van der Waals surface area contributed by atoms with Crippen molar-refractivity contribution in [3.63, 3.8) is 0 Å². The van der Waals surface area contributed by atoms with E-state index in [0.29, 0.717) is 5.39 Å². The molecule has 8 heteroatoms. The number of nitrogens with one attached hydrogen (secondary N) is 1. The lowest BCUT2D eigenvalue weighted by atomic mass is 10.0. The second-order valence-corrected chi connectivity index (χ2v) is 6.08. The lowest BCUT2D eigenvalue weighted by Crippen LogP contribution is -2.31. The monoisotopic (exact) mass is 341 g/mol. The van der Waals surface area contributed by atoms with E-state index in [-0.39, 0.29) is 23.7 Å². The van der Waals surface area contributed by atoms with E-state index in [4.69, 9.17) is 0 Å². The van der Waals surface area contributed by atoms with Crippen molar-refractivity contribution >= 4 is 22.7 Å². The van der Waals surface area contributed by atoms with Gasteiger partial charge >= 0.3 is 12.1 Å². The lowest BCUT2D eigenvalue weighted by Gasteiger charge is -2.19. The van der Waals surface area contributed by atoms with E-state index in [1.807, 2.05) is 13.8 Å². The van der Waals surface area contributed by atoms with Crippen molar-refractivity contribution in [1.82, 2.24) is 9.97 Å². The van der Waals surface area contributed by atoms with Gasteiger partial charge in [-0.1, -0.05) is 25.5 Å². The Balaban J connectivity index is 2.57. The first-order valence-electron chi connectivity index (χ1n) is 7.43. The van der Waals surface area contributed by atoms with Gasteiger partial charge in [-0.05, 0) is 31.4 Å². The van der Waals surface area contributed by atoms with Gasteiger partial charge in [0.1, 0.15) is 11.9 Å². The molecule has 2 aromatic rings. The number of aromatic nitrogens is 2. The summed E-state index contributed by atoms with van der Waals surface area (Å²) in [5.74, 6) is -2.51. The van der Waals surface area contributed by atoms with Crippen LogP contribution in [-0.2, 0) is 11.0 Å². The maximum atomic E-state index is 13.0. The molecule has 1 atom stereocenters. The topological polar surface area (TPSA) is 75.1 Å². The van der Waals surface area contributed by atoms with Crippen molar-refractivity contribution in [2.75, 3.05) is 5.32 Å². The molecule has 0 saturated carbocycles. The normalized spacial score (nSPS) is 13.3. The van der Waals surface area contributed by atoms with Crippen LogP contribution < -0.4 is 5.32 Å². The molecule has 24 heavy (non-hydrogen) atoms. The number of anilines is 1. The fourth-order valence-corrected chi connectivity index (χ4v) is 2.34. The summed E-state index contributed by atoms with van der Waals surface area (Å²) in [6, 6.07) is 3.70. The number of alkyl halides is 3. The summed E-state index contributed by atoms with van der Waals surface area (Å²) in [6.07, 6.45) is -4.46. The highest BCUT2D eigenvalue weighted by molar-refractivity contribution is 5.91. The van der Waals surface area contributed by atoms with Crippen LogP contribution in [0.1, 0.15) is 31.7 Å². The fourth-order valence-electron chi connectivity index (χ4n) is 2.34. The molecular weight excluding hydrogens is 323 g/mol. The number of fused-ring (bicyclic) bond motifs is 1. The molecule has 130 valence electrons. The van der Waals surface area contributed by atoms with E-state index in [1.165, 1.54) is 6.07 Å². The Morgan fingerprint density at radius 1 is 1.29 bits per heavy atom. The zero-order valence-corrected chi connectivity index (χ0v) is 13.5. The smallest absolute Gasteiger partial charge is 0.451 e. The Morgan fingerprint density at radius 3 is 2.50 bits per heavy atom. The summed E-state index contributed by atoms with van der Waals surface area (Å²) in [4.78, 5) is 18.5. The Morgan fingerprint density at radius 2 is 1.96 bits per heavy atom. The lowest BCUT2D eigenvalue weighted by molar-refractivity contribution is -0.144. The minimum Gasteiger partial charge on any atom is -0.480 e. The molecule has 1 unspecified atom stereocenters. The number of halogens is 3. The maximum absolute atomic E-state index is 13.0. The third-order valence-electron chi connectivity index (χ3n) is 3.42. The van der Waals surface area contributed by atoms with Gasteiger partial charge in [-0.3, -0.25) is 0 Å². The SMILES string of the molecule is Cc1ccc2nc(C(F)(F)F)nc(NC(CC(C)C)C(=O)O)c2c1. The van der Waals surface area contributed by atoms with E-state index < -0.39 is 24.0 Å². The number of hydrogen-bond donors (Lipinski definition) is 2. The number of aryl methyl sites for hydroxylation is 1. The van der Waals surface area contributed by atoms with E-state index >= 15 is 0 Å². The molecule has 0 amide bonds. The maximum Gasteiger partial charge on any atom is 0.451 e. The summed E-state index contributed by atoms with van der Waals surface area (Å²) in [5, 5.41) is 12.3. The number of carboxylic acids is 1. The quantitative estimate of drug-likeness (QED) is 0.863. The summed E-state index contributed by atoms with van der Waals surface area (Å²) >= 11 is 0. The van der Waals surface area contributed by atoms with Gasteiger partial charge in [0.2, 0.25) is 5.82 Å². The van der Waals surface area contributed by atoms with Gasteiger partial charge in [-0.15, -0.1) is 0 Å². The molecule has 0 fully saturated rings. The standard InChI is InChI=1S/C16H18F3N3O2/c1-8(2)6-12(14(23)24)20-13-10-7-9(3)4-5-11(10)21-15(22-13)16(17,18)19/h4-5,7-8,12H,6H2,1-3H3,(H,23,24)(H,20,21,22). The van der Waals surface area contributed by atoms with Crippen molar-refractivity contribution in [2.24, 2.45) is 5.92 Å². The highest BCUT2D eigenvalue weighted by Gasteiger charge is 2.36. The minimum absolute atomic E-state index is 0.0514. The number of carboxylic acid groups (broad SMARTS) is 1. The number of rotatable bonds is 5. The van der Waals surface area contributed by atoms with E-state index in [2.05, 4.69) is 15.3 Å². The van der Waals surface area contributed by atoms with Crippen molar-refractivity contribution in [3.8, 4) is 0 Å². The third-order valence-corrected chi connectivity index (χ3v) is 3.42. The Bertz CT molecular complexity index is 760. The van der Waals surface area contributed by atoms with E-state index in [9.17, 15) is 23.1 Å². The molecule has 0 aliphatic rings. The Hall–Kier alpha value is -2.38. The number of benzene rings is 1. The Labute approximate surface area is 136 Å². The molecule has 0 spiro atoms. The van der Waals surface area contributed by atoms with Crippen molar-refractivity contribution in [1.29, 1.82) is 0 Å². The third kappa shape index (κ3) is 4.12. The summed E-state index contributed by atoms with van der Waals surface area (Å²) in [6.45, 7) is 5.45. The largest absolute Gasteiger partial charge is 0.480 e. The van der Waals surface area contributed by atoms with Gasteiger partial charge in [0.05, 0.1) is 5.52 Å². The highest BCUT2D eigenvalue weighted by atomic mass is 19.4. The zero-order valence-electron chi connectivity index (χ0n) is 13.5. The number of aliphatic carboxylic acids is 1. The van der Waals surface area contributed by atoms with Gasteiger partial charge < -0.3 is 10.4 Å². The van der Waals surface area contributed by atoms with Crippen LogP contribution in [-0.4, -0.2) is 27.1 Å². The van der Waals surface area contributed by atoms with Crippen molar-refractivity contribution in [3.05, 3.63) is 29.6 Å². The Kier molecular flexibility index (Phi) is 4.96. The second kappa shape index (κ2) is 6.62. The van der Waals surface area contributed by atoms with Gasteiger partial charge in [-0.25, -0.2) is 14.8 Å². The molecule has 1 aromatic carbocycles.